The zero-order valence-electron chi connectivity index (χ0n) is 14.6. The van der Waals surface area contributed by atoms with Crippen molar-refractivity contribution < 1.29 is 14.2 Å². The maximum Gasteiger partial charge on any atom is 0.229 e. The van der Waals surface area contributed by atoms with E-state index in [1.165, 1.54) is 6.42 Å². The van der Waals surface area contributed by atoms with Gasteiger partial charge in [0.1, 0.15) is 17.6 Å². The van der Waals surface area contributed by atoms with Crippen LogP contribution in [0.5, 0.6) is 11.5 Å². The largest absolute Gasteiger partial charge is 0.457 e. The molecule has 1 saturated heterocycles. The van der Waals surface area contributed by atoms with Crippen LogP contribution in [0.3, 0.4) is 0 Å². The molecular formula is C22H19BrNO3. The Balaban J connectivity index is 1.32. The number of fused-ring (bicyclic) bond motifs is 1. The molecule has 2 aliphatic carbocycles. The minimum absolute atomic E-state index is 0.214. The SMILES string of the molecule is N#C[C](O[C@H]1OC2C3CC(CC31)[C@@H]2Br)c1cccc(Oc2ccccc2)c1. The van der Waals surface area contributed by atoms with Gasteiger partial charge in [0.25, 0.3) is 0 Å². The van der Waals surface area contributed by atoms with E-state index < -0.39 is 0 Å². The minimum Gasteiger partial charge on any atom is -0.457 e. The smallest absolute Gasteiger partial charge is 0.229 e. The average molecular weight is 425 g/mol. The third-order valence-electron chi connectivity index (χ3n) is 5.94. The highest BCUT2D eigenvalue weighted by molar-refractivity contribution is 9.09. The van der Waals surface area contributed by atoms with Gasteiger partial charge in [-0.05, 0) is 48.9 Å². The highest BCUT2D eigenvalue weighted by Crippen LogP contribution is 2.59. The second-order valence-corrected chi connectivity index (χ2v) is 8.53. The molecule has 1 aliphatic heterocycles. The van der Waals surface area contributed by atoms with E-state index >= 15 is 0 Å². The molecule has 5 rings (SSSR count). The lowest BCUT2D eigenvalue weighted by atomic mass is 9.89. The van der Waals surface area contributed by atoms with E-state index in [0.717, 1.165) is 12.2 Å². The Bertz CT molecular complexity index is 867. The van der Waals surface area contributed by atoms with Crippen molar-refractivity contribution in [3.63, 3.8) is 0 Å². The molecule has 3 fully saturated rings. The lowest BCUT2D eigenvalue weighted by Crippen LogP contribution is -2.26. The van der Waals surface area contributed by atoms with Gasteiger partial charge in [-0.3, -0.25) is 0 Å². The minimum atomic E-state index is -0.333. The molecule has 0 amide bonds. The third kappa shape index (κ3) is 3.06. The number of hydrogen-bond acceptors (Lipinski definition) is 4. The Kier molecular flexibility index (Phi) is 4.43. The van der Waals surface area contributed by atoms with Gasteiger partial charge in [0, 0.05) is 16.3 Å². The quantitative estimate of drug-likeness (QED) is 0.630. The number of benzene rings is 2. The van der Waals surface area contributed by atoms with Crippen molar-refractivity contribution in [2.24, 2.45) is 17.8 Å². The van der Waals surface area contributed by atoms with Gasteiger partial charge in [-0.15, -0.1) is 0 Å². The van der Waals surface area contributed by atoms with Crippen molar-refractivity contribution in [2.45, 2.75) is 30.1 Å². The van der Waals surface area contributed by atoms with E-state index in [1.807, 2.05) is 54.6 Å². The lowest BCUT2D eigenvalue weighted by molar-refractivity contribution is -0.127. The molecule has 4 nitrogen and oxygen atoms in total. The van der Waals surface area contributed by atoms with E-state index in [-0.39, 0.29) is 18.5 Å². The van der Waals surface area contributed by atoms with Gasteiger partial charge in [0.15, 0.2) is 6.29 Å². The molecule has 6 atom stereocenters. The summed E-state index contributed by atoms with van der Waals surface area (Å²) in [6.45, 7) is 0. The van der Waals surface area contributed by atoms with Gasteiger partial charge in [-0.1, -0.05) is 46.3 Å². The molecule has 137 valence electrons. The maximum atomic E-state index is 9.67. The molecule has 1 heterocycles. The molecule has 0 N–H and O–H groups in total. The number of alkyl halides is 1. The standard InChI is InChI=1S/C22H19BrNO3/c23-20-14-10-17-18(11-14)22(27-21(17)20)26-19(12-24)13-5-4-8-16(9-13)25-15-6-2-1-3-7-15/h1-9,14,17-18,20-22H,10-11H2/t14?,17?,18?,20-,21?,22-/m0/s1. The molecule has 2 bridgehead atoms. The number of rotatable bonds is 5. The van der Waals surface area contributed by atoms with Gasteiger partial charge in [-0.2, -0.15) is 5.26 Å². The second kappa shape index (κ2) is 6.94. The van der Waals surface area contributed by atoms with E-state index in [9.17, 15) is 5.26 Å². The third-order valence-corrected chi connectivity index (χ3v) is 7.21. The maximum absolute atomic E-state index is 9.67. The fourth-order valence-electron chi connectivity index (χ4n) is 4.75. The van der Waals surface area contributed by atoms with Crippen LogP contribution in [0, 0.1) is 35.2 Å². The summed E-state index contributed by atoms with van der Waals surface area (Å²) >= 11 is 3.78. The van der Waals surface area contributed by atoms with Crippen LogP contribution in [0.4, 0.5) is 0 Å². The summed E-state index contributed by atoms with van der Waals surface area (Å²) < 4.78 is 18.1. The number of ether oxygens (including phenoxy) is 3. The first-order valence-electron chi connectivity index (χ1n) is 9.29. The van der Waals surface area contributed by atoms with Gasteiger partial charge in [0.2, 0.25) is 6.10 Å². The highest BCUT2D eigenvalue weighted by Gasteiger charge is 2.61. The van der Waals surface area contributed by atoms with Crippen molar-refractivity contribution in [1.29, 1.82) is 5.26 Å². The van der Waals surface area contributed by atoms with Crippen LogP contribution in [0.1, 0.15) is 18.4 Å². The van der Waals surface area contributed by atoms with Gasteiger partial charge < -0.3 is 14.2 Å². The fraction of sp³-hybridized carbons (Fsp3) is 0.364. The van der Waals surface area contributed by atoms with E-state index in [1.54, 1.807) is 0 Å². The first kappa shape index (κ1) is 17.2. The van der Waals surface area contributed by atoms with Crippen molar-refractivity contribution >= 4 is 15.9 Å². The van der Waals surface area contributed by atoms with Crippen molar-refractivity contribution in [3.05, 3.63) is 66.3 Å². The Morgan fingerprint density at radius 2 is 1.81 bits per heavy atom. The van der Waals surface area contributed by atoms with E-state index in [0.29, 0.717) is 33.9 Å². The number of nitrogens with zero attached hydrogens (tertiary/aromatic N) is 1. The molecule has 0 aromatic heterocycles. The highest BCUT2D eigenvalue weighted by atomic mass is 79.9. The van der Waals surface area contributed by atoms with Crippen LogP contribution in [0.2, 0.25) is 0 Å². The summed E-state index contributed by atoms with van der Waals surface area (Å²) in [4.78, 5) is 0.417. The molecule has 0 spiro atoms. The van der Waals surface area contributed by atoms with Gasteiger partial charge in [0.05, 0.1) is 6.10 Å². The molecule has 27 heavy (non-hydrogen) atoms. The number of nitriles is 1. The fourth-order valence-corrected chi connectivity index (χ4v) is 5.70. The summed E-state index contributed by atoms with van der Waals surface area (Å²) in [6, 6.07) is 19.2. The molecule has 2 aromatic rings. The summed E-state index contributed by atoms with van der Waals surface area (Å²) in [5.74, 6) is 3.04. The second-order valence-electron chi connectivity index (χ2n) is 7.47. The average Bonchev–Trinajstić information content (AvgIpc) is 3.32. The monoisotopic (exact) mass is 424 g/mol. The molecule has 2 aromatic carbocycles. The predicted octanol–water partition coefficient (Wildman–Crippen LogP) is 5.04. The van der Waals surface area contributed by atoms with Gasteiger partial charge in [-0.25, -0.2) is 0 Å². The molecule has 2 saturated carbocycles. The molecule has 3 aliphatic rings. The van der Waals surface area contributed by atoms with Crippen LogP contribution in [0.15, 0.2) is 54.6 Å². The normalized spacial score (nSPS) is 33.4. The van der Waals surface area contributed by atoms with Crippen molar-refractivity contribution in [3.8, 4) is 17.6 Å². The molecular weight excluding hydrogens is 406 g/mol. The number of hydrogen-bond donors (Lipinski definition) is 0. The van der Waals surface area contributed by atoms with E-state index in [2.05, 4.69) is 22.0 Å². The molecule has 5 heteroatoms. The predicted molar refractivity (Wildman–Crippen MR) is 103 cm³/mol. The van der Waals surface area contributed by atoms with Crippen LogP contribution in [-0.4, -0.2) is 17.2 Å². The van der Waals surface area contributed by atoms with Crippen molar-refractivity contribution in [2.75, 3.05) is 0 Å². The van der Waals surface area contributed by atoms with Gasteiger partial charge >= 0.3 is 0 Å². The van der Waals surface area contributed by atoms with Crippen LogP contribution in [0.25, 0.3) is 0 Å². The lowest BCUT2D eigenvalue weighted by Gasteiger charge is -2.21. The zero-order chi connectivity index (χ0) is 18.4. The Morgan fingerprint density at radius 3 is 2.56 bits per heavy atom. The summed E-state index contributed by atoms with van der Waals surface area (Å²) in [6.07, 6.45) is 2.48. The Morgan fingerprint density at radius 1 is 1.04 bits per heavy atom. The number of para-hydroxylation sites is 1. The van der Waals surface area contributed by atoms with Crippen LogP contribution in [-0.2, 0) is 9.47 Å². The van der Waals surface area contributed by atoms with Crippen LogP contribution < -0.4 is 4.74 Å². The first-order valence-corrected chi connectivity index (χ1v) is 10.2. The van der Waals surface area contributed by atoms with Crippen LogP contribution >= 0.6 is 15.9 Å². The molecule has 4 unspecified atom stereocenters. The van der Waals surface area contributed by atoms with Crippen molar-refractivity contribution in [1.82, 2.24) is 0 Å². The topological polar surface area (TPSA) is 51.5 Å². The molecule has 1 radical (unpaired) electrons. The first-order chi connectivity index (χ1) is 13.2. The Labute approximate surface area is 167 Å². The zero-order valence-corrected chi connectivity index (χ0v) is 16.2. The summed E-state index contributed by atoms with van der Waals surface area (Å²) in [5.41, 5.74) is 0.707. The summed E-state index contributed by atoms with van der Waals surface area (Å²) in [7, 11) is 0. The summed E-state index contributed by atoms with van der Waals surface area (Å²) in [5, 5.41) is 9.67. The number of halogens is 1. The van der Waals surface area contributed by atoms with E-state index in [4.69, 9.17) is 14.2 Å². The Hall–Kier alpha value is -1.87.